The highest BCUT2D eigenvalue weighted by Gasteiger charge is 2.36. The van der Waals surface area contributed by atoms with E-state index in [2.05, 4.69) is 15.5 Å². The van der Waals surface area contributed by atoms with Crippen LogP contribution in [-0.4, -0.2) is 51.4 Å². The van der Waals surface area contributed by atoms with Gasteiger partial charge in [0, 0.05) is 18.4 Å². The molecular formula is C17H20BN3O6. The molecule has 1 amide bonds. The molecule has 1 aromatic carbocycles. The zero-order valence-electron chi connectivity index (χ0n) is 14.6. The van der Waals surface area contributed by atoms with E-state index in [1.54, 1.807) is 0 Å². The van der Waals surface area contributed by atoms with Crippen LogP contribution in [0.4, 0.5) is 0 Å². The van der Waals surface area contributed by atoms with Gasteiger partial charge < -0.3 is 24.5 Å². The van der Waals surface area contributed by atoms with Crippen LogP contribution in [0.15, 0.2) is 34.7 Å². The largest absolute Gasteiger partial charge is 0.481 e. The van der Waals surface area contributed by atoms with Crippen molar-refractivity contribution in [1.82, 2.24) is 15.5 Å². The van der Waals surface area contributed by atoms with Gasteiger partial charge in [0.1, 0.15) is 0 Å². The van der Waals surface area contributed by atoms with Gasteiger partial charge in [-0.25, -0.2) is 0 Å². The molecule has 0 saturated carbocycles. The molecule has 1 fully saturated rings. The topological polar surface area (TPSA) is 135 Å². The number of rotatable bonds is 7. The summed E-state index contributed by atoms with van der Waals surface area (Å²) in [7, 11) is -1.22. The molecule has 142 valence electrons. The number of aryl methyl sites for hydroxylation is 1. The lowest BCUT2D eigenvalue weighted by molar-refractivity contribution is -0.139. The first-order valence-corrected chi connectivity index (χ1v) is 8.74. The number of hydrogen-bond donors (Lipinski definition) is 3. The molecule has 1 aromatic heterocycles. The Morgan fingerprint density at radius 2 is 2.00 bits per heavy atom. The Morgan fingerprint density at radius 1 is 1.22 bits per heavy atom. The van der Waals surface area contributed by atoms with Crippen molar-refractivity contribution in [2.75, 3.05) is 0 Å². The number of aromatic nitrogens is 2. The molecule has 9 nitrogen and oxygen atoms in total. The van der Waals surface area contributed by atoms with Gasteiger partial charge in [-0.15, -0.1) is 10.2 Å². The van der Waals surface area contributed by atoms with E-state index in [0.717, 1.165) is 5.56 Å². The molecule has 2 aromatic rings. The zero-order valence-corrected chi connectivity index (χ0v) is 14.6. The summed E-state index contributed by atoms with van der Waals surface area (Å²) in [5, 5.41) is 29.3. The lowest BCUT2D eigenvalue weighted by Gasteiger charge is -2.30. The molecule has 3 rings (SSSR count). The minimum atomic E-state index is -1.22. The predicted octanol–water partition coefficient (Wildman–Crippen LogP) is 0.827. The van der Waals surface area contributed by atoms with E-state index in [4.69, 9.17) is 14.2 Å². The van der Waals surface area contributed by atoms with Crippen molar-refractivity contribution in [1.29, 1.82) is 0 Å². The van der Waals surface area contributed by atoms with Gasteiger partial charge in [-0.05, 0) is 25.0 Å². The normalized spacial score (nSPS) is 19.7. The number of hydrogen-bond acceptors (Lipinski definition) is 7. The Balaban J connectivity index is 1.45. The third-order valence-electron chi connectivity index (χ3n) is 4.28. The smallest absolute Gasteiger partial charge is 0.478 e. The first kappa shape index (κ1) is 19.1. The predicted molar refractivity (Wildman–Crippen MR) is 94.3 cm³/mol. The molecule has 2 unspecified atom stereocenters. The van der Waals surface area contributed by atoms with E-state index in [1.165, 1.54) is 0 Å². The van der Waals surface area contributed by atoms with Crippen LogP contribution in [-0.2, 0) is 20.7 Å². The molecule has 3 N–H and O–H groups in total. The third kappa shape index (κ3) is 5.38. The van der Waals surface area contributed by atoms with Gasteiger partial charge in [-0.2, -0.15) is 0 Å². The van der Waals surface area contributed by atoms with Gasteiger partial charge >= 0.3 is 13.1 Å². The molecule has 1 aliphatic heterocycles. The van der Waals surface area contributed by atoms with Gasteiger partial charge in [0.25, 0.3) is 0 Å². The zero-order chi connectivity index (χ0) is 19.2. The van der Waals surface area contributed by atoms with Gasteiger partial charge in [0.2, 0.25) is 17.7 Å². The summed E-state index contributed by atoms with van der Waals surface area (Å²) in [4.78, 5) is 22.8. The Labute approximate surface area is 155 Å². The molecule has 10 heteroatoms. The Morgan fingerprint density at radius 3 is 2.70 bits per heavy atom. The summed E-state index contributed by atoms with van der Waals surface area (Å²) >= 11 is 0. The highest BCUT2D eigenvalue weighted by atomic mass is 16.5. The number of carboxylic acid groups (broad SMARTS) is 1. The van der Waals surface area contributed by atoms with Crippen molar-refractivity contribution < 1.29 is 28.8 Å². The van der Waals surface area contributed by atoms with Crippen molar-refractivity contribution >= 4 is 19.0 Å². The van der Waals surface area contributed by atoms with Gasteiger partial charge in [-0.3, -0.25) is 9.59 Å². The molecule has 0 bridgehead atoms. The highest BCUT2D eigenvalue weighted by Crippen LogP contribution is 2.19. The van der Waals surface area contributed by atoms with Gasteiger partial charge in [0.15, 0.2) is 0 Å². The molecule has 1 saturated heterocycles. The van der Waals surface area contributed by atoms with Crippen LogP contribution in [0.1, 0.15) is 31.6 Å². The Bertz CT molecular complexity index is 784. The van der Waals surface area contributed by atoms with E-state index >= 15 is 0 Å². The van der Waals surface area contributed by atoms with Crippen LogP contribution >= 0.6 is 0 Å². The van der Waals surface area contributed by atoms with E-state index in [9.17, 15) is 14.6 Å². The number of carbonyl (C=O) groups is 2. The third-order valence-corrected chi connectivity index (χ3v) is 4.28. The monoisotopic (exact) mass is 373 g/mol. The molecule has 2 heterocycles. The van der Waals surface area contributed by atoms with Gasteiger partial charge in [-0.1, -0.05) is 18.2 Å². The van der Waals surface area contributed by atoms with Crippen molar-refractivity contribution in [2.45, 2.75) is 44.1 Å². The summed E-state index contributed by atoms with van der Waals surface area (Å²) in [5.74, 6) is -1.08. The van der Waals surface area contributed by atoms with Crippen molar-refractivity contribution in [3.05, 3.63) is 36.2 Å². The fourth-order valence-corrected chi connectivity index (χ4v) is 2.91. The lowest BCUT2D eigenvalue weighted by Crippen LogP contribution is -2.53. The summed E-state index contributed by atoms with van der Waals surface area (Å²) in [6, 6.07) is 9.33. The summed E-state index contributed by atoms with van der Waals surface area (Å²) in [6.07, 6.45) is 0.593. The maximum atomic E-state index is 12.1. The molecule has 1 aliphatic rings. The molecule has 2 atom stereocenters. The second kappa shape index (κ2) is 8.78. The fraction of sp³-hybridized carbons (Fsp3) is 0.412. The summed E-state index contributed by atoms with van der Waals surface area (Å²) < 4.78 is 10.8. The van der Waals surface area contributed by atoms with Crippen LogP contribution in [0.5, 0.6) is 0 Å². The second-order valence-electron chi connectivity index (χ2n) is 6.36. The average molecular weight is 373 g/mol. The first-order chi connectivity index (χ1) is 13.0. The Kier molecular flexibility index (Phi) is 6.20. The number of carboxylic acids is 1. The molecule has 0 aliphatic carbocycles. The maximum Gasteiger partial charge on any atom is 0.478 e. The molecule has 27 heavy (non-hydrogen) atoms. The van der Waals surface area contributed by atoms with Gasteiger partial charge in [0.05, 0.1) is 18.5 Å². The number of carbonyl (C=O) groups excluding carboxylic acids is 1. The summed E-state index contributed by atoms with van der Waals surface area (Å²) in [5.41, 5.74) is 0.805. The van der Waals surface area contributed by atoms with Crippen LogP contribution in [0.2, 0.25) is 0 Å². The molecule has 0 radical (unpaired) electrons. The van der Waals surface area contributed by atoms with E-state index in [-0.39, 0.29) is 25.2 Å². The van der Waals surface area contributed by atoms with Crippen molar-refractivity contribution in [3.8, 4) is 11.5 Å². The highest BCUT2D eigenvalue weighted by molar-refractivity contribution is 6.45. The van der Waals surface area contributed by atoms with Crippen molar-refractivity contribution in [3.63, 3.8) is 0 Å². The Hall–Kier alpha value is -2.72. The quantitative estimate of drug-likeness (QED) is 0.608. The molecule has 0 spiro atoms. The number of aliphatic carboxylic acids is 1. The summed E-state index contributed by atoms with van der Waals surface area (Å²) in [6.45, 7) is 0. The lowest BCUT2D eigenvalue weighted by atomic mass is 9.72. The van der Waals surface area contributed by atoms with Crippen LogP contribution in [0.3, 0.4) is 0 Å². The van der Waals surface area contributed by atoms with Crippen molar-refractivity contribution in [2.24, 2.45) is 0 Å². The van der Waals surface area contributed by atoms with Crippen LogP contribution in [0, 0.1) is 0 Å². The second-order valence-corrected chi connectivity index (χ2v) is 6.36. The minimum absolute atomic E-state index is 0.123. The standard InChI is InChI=1S/C17H20BN3O6/c22-14(19-13-7-6-12(10-16(23)24)27-18(13)25)8-9-15-20-21-17(26-15)11-4-2-1-3-5-11/h1-5,12-13,25H,6-10H2,(H,19,22)(H,23,24). The maximum absolute atomic E-state index is 12.1. The average Bonchev–Trinajstić information content (AvgIpc) is 3.12. The SMILES string of the molecule is O=C(O)CC1CCC(NC(=O)CCc2nnc(-c3ccccc3)o2)B(O)O1. The number of nitrogens with one attached hydrogen (secondary N) is 1. The molecular weight excluding hydrogens is 353 g/mol. The number of amides is 1. The minimum Gasteiger partial charge on any atom is -0.481 e. The fourth-order valence-electron chi connectivity index (χ4n) is 2.91. The van der Waals surface area contributed by atoms with E-state index < -0.39 is 25.1 Å². The van der Waals surface area contributed by atoms with Crippen LogP contribution < -0.4 is 5.32 Å². The van der Waals surface area contributed by atoms with E-state index in [1.807, 2.05) is 30.3 Å². The number of nitrogens with zero attached hydrogens (tertiary/aromatic N) is 2. The van der Waals surface area contributed by atoms with E-state index in [0.29, 0.717) is 24.6 Å². The number of benzene rings is 1. The van der Waals surface area contributed by atoms with Crippen LogP contribution in [0.25, 0.3) is 11.5 Å². The first-order valence-electron chi connectivity index (χ1n) is 8.74.